The summed E-state index contributed by atoms with van der Waals surface area (Å²) < 4.78 is 8.50. The number of nitrogens with zero attached hydrogens (tertiary/aromatic N) is 8. The first-order chi connectivity index (χ1) is 18.1. The first-order valence-electron chi connectivity index (χ1n) is 12.2. The summed E-state index contributed by atoms with van der Waals surface area (Å²) in [5.41, 5.74) is 4.96. The van der Waals surface area contributed by atoms with Crippen LogP contribution in [0.25, 0.3) is 27.8 Å². The number of piperazine rings is 1. The normalized spacial score (nSPS) is 18.8. The summed E-state index contributed by atoms with van der Waals surface area (Å²) in [5, 5.41) is 18.4. The monoisotopic (exact) mass is 494 g/mol. The molecule has 4 aromatic heterocycles. The molecule has 0 aromatic carbocycles. The number of amides is 1. The van der Waals surface area contributed by atoms with Gasteiger partial charge in [0.25, 0.3) is 0 Å². The van der Waals surface area contributed by atoms with Crippen LogP contribution in [0.3, 0.4) is 0 Å². The molecule has 3 aliphatic rings. The molecule has 0 aliphatic carbocycles. The van der Waals surface area contributed by atoms with E-state index in [4.69, 9.17) is 9.72 Å². The van der Waals surface area contributed by atoms with Gasteiger partial charge in [-0.1, -0.05) is 6.08 Å². The van der Waals surface area contributed by atoms with Crippen molar-refractivity contribution in [2.24, 2.45) is 7.05 Å². The molecule has 4 aromatic rings. The van der Waals surface area contributed by atoms with Crippen molar-refractivity contribution in [1.29, 1.82) is 5.26 Å². The van der Waals surface area contributed by atoms with Gasteiger partial charge in [0.2, 0.25) is 5.91 Å². The fourth-order valence-corrected chi connectivity index (χ4v) is 5.37. The number of anilines is 1. The highest BCUT2D eigenvalue weighted by Crippen LogP contribution is 2.36. The van der Waals surface area contributed by atoms with Crippen molar-refractivity contribution in [3.63, 3.8) is 0 Å². The van der Waals surface area contributed by atoms with Crippen LogP contribution in [0.5, 0.6) is 0 Å². The molecule has 10 nitrogen and oxygen atoms in total. The molecular formula is C27H26N8O2. The van der Waals surface area contributed by atoms with Crippen molar-refractivity contribution in [3.05, 3.63) is 66.9 Å². The molecule has 3 aliphatic heterocycles. The Labute approximate surface area is 214 Å². The summed E-state index contributed by atoms with van der Waals surface area (Å²) in [7, 11) is 3.49. The van der Waals surface area contributed by atoms with Crippen LogP contribution in [-0.2, 0) is 16.6 Å². The van der Waals surface area contributed by atoms with Crippen LogP contribution in [0.15, 0.2) is 61.3 Å². The number of hydrogen-bond acceptors (Lipinski definition) is 7. The number of aryl methyl sites for hydroxylation is 1. The predicted molar refractivity (Wildman–Crippen MR) is 138 cm³/mol. The molecule has 2 bridgehead atoms. The largest absolute Gasteiger partial charge is 0.381 e. The van der Waals surface area contributed by atoms with Crippen molar-refractivity contribution in [3.8, 4) is 28.3 Å². The Balaban J connectivity index is 1.26. The highest BCUT2D eigenvalue weighted by atomic mass is 16.5. The van der Waals surface area contributed by atoms with Gasteiger partial charge >= 0.3 is 0 Å². The maximum absolute atomic E-state index is 12.5. The molecule has 2 unspecified atom stereocenters. The Hall–Kier alpha value is -4.49. The lowest BCUT2D eigenvalue weighted by molar-refractivity contribution is -0.140. The van der Waals surface area contributed by atoms with Gasteiger partial charge in [-0.15, -0.1) is 0 Å². The van der Waals surface area contributed by atoms with Gasteiger partial charge in [0, 0.05) is 74.2 Å². The zero-order chi connectivity index (χ0) is 25.5. The number of hydrogen-bond donors (Lipinski definition) is 0. The van der Waals surface area contributed by atoms with Gasteiger partial charge < -0.3 is 14.5 Å². The van der Waals surface area contributed by atoms with Crippen LogP contribution in [0, 0.1) is 11.3 Å². The average Bonchev–Trinajstić information content (AvgIpc) is 3.54. The zero-order valence-electron chi connectivity index (χ0n) is 20.7. The smallest absolute Gasteiger partial charge is 0.246 e. The Morgan fingerprint density at radius 2 is 1.97 bits per heavy atom. The van der Waals surface area contributed by atoms with Crippen molar-refractivity contribution < 1.29 is 9.53 Å². The fraction of sp³-hybridized carbons (Fsp3) is 0.296. The van der Waals surface area contributed by atoms with Crippen LogP contribution in [0.4, 0.5) is 5.82 Å². The maximum atomic E-state index is 12.5. The highest BCUT2D eigenvalue weighted by Gasteiger charge is 2.46. The number of fused-ring (bicyclic) bond motifs is 3. The van der Waals surface area contributed by atoms with Crippen molar-refractivity contribution in [1.82, 2.24) is 29.3 Å². The van der Waals surface area contributed by atoms with E-state index in [1.54, 1.807) is 34.7 Å². The second kappa shape index (κ2) is 9.19. The predicted octanol–water partition coefficient (Wildman–Crippen LogP) is 2.66. The van der Waals surface area contributed by atoms with Gasteiger partial charge in [-0.05, 0) is 24.6 Å². The molecule has 0 spiro atoms. The second-order valence-corrected chi connectivity index (χ2v) is 9.46. The third kappa shape index (κ3) is 4.03. The van der Waals surface area contributed by atoms with Crippen LogP contribution in [0.2, 0.25) is 0 Å². The molecule has 186 valence electrons. The summed E-state index contributed by atoms with van der Waals surface area (Å²) in [6.07, 6.45) is 13.5. The molecule has 7 heterocycles. The first kappa shape index (κ1) is 22.9. The van der Waals surface area contributed by atoms with E-state index in [-0.39, 0.29) is 18.0 Å². The van der Waals surface area contributed by atoms with Gasteiger partial charge in [0.1, 0.15) is 11.9 Å². The standard InChI is InChI=1S/C27H26N8O2/c1-32-14-21(13-30-32)19-8-24(27-20(10-28)12-31-34(27)15-19)18-5-6-25(29-11-18)33-16-22-9-23(17-33)35(22)26(36)4-3-7-37-2/h3-6,8,11-15,22-23H,7,9,16-17H2,1-2H3/b4-3+. The number of ether oxygens (including phenoxy) is 1. The number of carbonyl (C=O) groups excluding carboxylic acids is 1. The van der Waals surface area contributed by atoms with Crippen molar-refractivity contribution >= 4 is 17.2 Å². The summed E-state index contributed by atoms with van der Waals surface area (Å²) in [4.78, 5) is 21.5. The Morgan fingerprint density at radius 1 is 1.14 bits per heavy atom. The molecule has 3 saturated heterocycles. The minimum absolute atomic E-state index is 0.0490. The zero-order valence-corrected chi connectivity index (χ0v) is 20.7. The summed E-state index contributed by atoms with van der Waals surface area (Å²) in [5.74, 6) is 0.932. The lowest BCUT2D eigenvalue weighted by atomic mass is 9.87. The Kier molecular flexibility index (Phi) is 5.70. The van der Waals surface area contributed by atoms with Crippen LogP contribution < -0.4 is 4.90 Å². The molecule has 3 fully saturated rings. The molecule has 0 radical (unpaired) electrons. The summed E-state index contributed by atoms with van der Waals surface area (Å²) in [6.45, 7) is 1.95. The maximum Gasteiger partial charge on any atom is 0.246 e. The number of aromatic nitrogens is 5. The van der Waals surface area contributed by atoms with Gasteiger partial charge in [-0.3, -0.25) is 9.48 Å². The Bertz CT molecular complexity index is 1530. The lowest BCUT2D eigenvalue weighted by Gasteiger charge is -2.56. The number of piperidine rings is 1. The second-order valence-electron chi connectivity index (χ2n) is 9.46. The van der Waals surface area contributed by atoms with Crippen molar-refractivity contribution in [2.45, 2.75) is 18.5 Å². The van der Waals surface area contributed by atoms with E-state index in [0.717, 1.165) is 53.1 Å². The van der Waals surface area contributed by atoms with Gasteiger partial charge in [0.05, 0.1) is 42.2 Å². The number of nitriles is 1. The number of rotatable bonds is 6. The van der Waals surface area contributed by atoms with E-state index in [0.29, 0.717) is 12.2 Å². The molecule has 1 amide bonds. The first-order valence-corrected chi connectivity index (χ1v) is 12.2. The van der Waals surface area contributed by atoms with E-state index >= 15 is 0 Å². The van der Waals surface area contributed by atoms with Gasteiger partial charge in [0.15, 0.2) is 0 Å². The topological polar surface area (TPSA) is 105 Å². The van der Waals surface area contributed by atoms with Crippen LogP contribution in [-0.4, -0.2) is 74.1 Å². The Morgan fingerprint density at radius 3 is 2.65 bits per heavy atom. The van der Waals surface area contributed by atoms with Gasteiger partial charge in [-0.25, -0.2) is 9.50 Å². The quantitative estimate of drug-likeness (QED) is 0.380. The molecule has 10 heteroatoms. The lowest BCUT2D eigenvalue weighted by Crippen LogP contribution is -2.70. The molecule has 2 atom stereocenters. The summed E-state index contributed by atoms with van der Waals surface area (Å²) >= 11 is 0. The SMILES string of the molecule is COC/C=C/C(=O)N1C2CC1CN(c1ccc(-c3cc(-c4cnn(C)c4)cn4ncc(C#N)c34)cn1)C2. The van der Waals surface area contributed by atoms with Crippen LogP contribution in [0.1, 0.15) is 12.0 Å². The van der Waals surface area contributed by atoms with E-state index in [1.807, 2.05) is 48.9 Å². The molecule has 0 saturated carbocycles. The minimum atomic E-state index is 0.0490. The fourth-order valence-electron chi connectivity index (χ4n) is 5.37. The minimum Gasteiger partial charge on any atom is -0.381 e. The molecule has 0 N–H and O–H groups in total. The van der Waals surface area contributed by atoms with Gasteiger partial charge in [-0.2, -0.15) is 15.5 Å². The third-order valence-electron chi connectivity index (χ3n) is 7.12. The molecule has 7 rings (SSSR count). The van der Waals surface area contributed by atoms with Crippen molar-refractivity contribution in [2.75, 3.05) is 31.7 Å². The molecular weight excluding hydrogens is 468 g/mol. The molecule has 37 heavy (non-hydrogen) atoms. The van der Waals surface area contributed by atoms with Crippen LogP contribution >= 0.6 is 0 Å². The van der Waals surface area contributed by atoms with E-state index in [2.05, 4.69) is 27.2 Å². The number of pyridine rings is 2. The number of carbonyl (C=O) groups is 1. The average molecular weight is 495 g/mol. The summed E-state index contributed by atoms with van der Waals surface area (Å²) in [6, 6.07) is 8.75. The third-order valence-corrected chi connectivity index (χ3v) is 7.12. The van der Waals surface area contributed by atoms with E-state index < -0.39 is 0 Å². The highest BCUT2D eigenvalue weighted by molar-refractivity contribution is 5.89. The number of methoxy groups -OCH3 is 1. The van der Waals surface area contributed by atoms with E-state index in [9.17, 15) is 10.1 Å². The van der Waals surface area contributed by atoms with E-state index in [1.165, 1.54) is 0 Å².